The van der Waals surface area contributed by atoms with Crippen molar-refractivity contribution in [1.82, 2.24) is 20.0 Å². The number of rotatable bonds is 5. The maximum atomic E-state index is 12.6. The minimum atomic E-state index is -0.129. The molecule has 0 radical (unpaired) electrons. The summed E-state index contributed by atoms with van der Waals surface area (Å²) in [5, 5.41) is 2.87. The highest BCUT2D eigenvalue weighted by molar-refractivity contribution is 5.87. The minimum absolute atomic E-state index is 0.0161. The van der Waals surface area contributed by atoms with E-state index in [1.54, 1.807) is 0 Å². The molecule has 1 unspecified atom stereocenters. The molecule has 0 spiro atoms. The molecule has 2 saturated heterocycles. The Hall–Kier alpha value is -1.92. The Morgan fingerprint density at radius 2 is 1.92 bits per heavy atom. The van der Waals surface area contributed by atoms with E-state index in [4.69, 9.17) is 0 Å². The van der Waals surface area contributed by atoms with Crippen molar-refractivity contribution in [2.75, 3.05) is 46.3 Å². The zero-order valence-corrected chi connectivity index (χ0v) is 15.9. The van der Waals surface area contributed by atoms with E-state index in [0.29, 0.717) is 0 Å². The number of nitrogens with zero attached hydrogens (tertiary/aromatic N) is 3. The SMILES string of the molecule is Cc1cccc(CN2CCCC2C(=O)NCC(=O)N2CCN(C)CC2)c1. The first-order valence-electron chi connectivity index (χ1n) is 9.56. The molecule has 1 atom stereocenters. The molecule has 1 aromatic carbocycles. The zero-order chi connectivity index (χ0) is 18.5. The molecule has 2 fully saturated rings. The summed E-state index contributed by atoms with van der Waals surface area (Å²) in [5.74, 6) is 0.00677. The predicted molar refractivity (Wildman–Crippen MR) is 102 cm³/mol. The highest BCUT2D eigenvalue weighted by atomic mass is 16.2. The van der Waals surface area contributed by atoms with Crippen LogP contribution in [0.1, 0.15) is 24.0 Å². The van der Waals surface area contributed by atoms with Gasteiger partial charge in [-0.1, -0.05) is 29.8 Å². The Balaban J connectivity index is 1.49. The number of amides is 2. The molecular formula is C20H30N4O2. The third-order valence-electron chi connectivity index (χ3n) is 5.40. The number of hydrogen-bond acceptors (Lipinski definition) is 4. The lowest BCUT2D eigenvalue weighted by Gasteiger charge is -2.32. The molecule has 0 aliphatic carbocycles. The number of piperazine rings is 1. The van der Waals surface area contributed by atoms with E-state index in [2.05, 4.69) is 53.4 Å². The van der Waals surface area contributed by atoms with Crippen molar-refractivity contribution in [2.45, 2.75) is 32.4 Å². The summed E-state index contributed by atoms with van der Waals surface area (Å²) in [6.07, 6.45) is 1.89. The quantitative estimate of drug-likeness (QED) is 0.848. The summed E-state index contributed by atoms with van der Waals surface area (Å²) < 4.78 is 0. The molecule has 0 aromatic heterocycles. The van der Waals surface area contributed by atoms with Crippen LogP contribution in [0.5, 0.6) is 0 Å². The fourth-order valence-electron chi connectivity index (χ4n) is 3.81. The van der Waals surface area contributed by atoms with Crippen molar-refractivity contribution in [3.05, 3.63) is 35.4 Å². The van der Waals surface area contributed by atoms with Crippen LogP contribution in [0.3, 0.4) is 0 Å². The average Bonchev–Trinajstić information content (AvgIpc) is 3.08. The number of likely N-dealkylation sites (tertiary alicyclic amines) is 1. The van der Waals surface area contributed by atoms with Crippen molar-refractivity contribution in [3.8, 4) is 0 Å². The summed E-state index contributed by atoms with van der Waals surface area (Å²) in [4.78, 5) is 31.2. The maximum absolute atomic E-state index is 12.6. The topological polar surface area (TPSA) is 55.9 Å². The molecule has 2 aliphatic rings. The second-order valence-electron chi connectivity index (χ2n) is 7.52. The number of carbonyl (C=O) groups is 2. The van der Waals surface area contributed by atoms with Crippen molar-refractivity contribution >= 4 is 11.8 Å². The van der Waals surface area contributed by atoms with Crippen LogP contribution in [0.4, 0.5) is 0 Å². The highest BCUT2D eigenvalue weighted by Crippen LogP contribution is 2.20. The van der Waals surface area contributed by atoms with Gasteiger partial charge in [-0.15, -0.1) is 0 Å². The lowest BCUT2D eigenvalue weighted by Crippen LogP contribution is -2.51. The number of hydrogen-bond donors (Lipinski definition) is 1. The molecular weight excluding hydrogens is 328 g/mol. The van der Waals surface area contributed by atoms with E-state index >= 15 is 0 Å². The van der Waals surface area contributed by atoms with Crippen LogP contribution in [0.15, 0.2) is 24.3 Å². The van der Waals surface area contributed by atoms with Gasteiger partial charge in [-0.05, 0) is 38.9 Å². The molecule has 1 N–H and O–H groups in total. The Bertz CT molecular complexity index is 640. The van der Waals surface area contributed by atoms with Crippen LogP contribution in [0, 0.1) is 6.92 Å². The number of likely N-dealkylation sites (N-methyl/N-ethyl adjacent to an activating group) is 1. The molecule has 142 valence electrons. The van der Waals surface area contributed by atoms with E-state index in [9.17, 15) is 9.59 Å². The van der Waals surface area contributed by atoms with Gasteiger partial charge in [0, 0.05) is 32.7 Å². The van der Waals surface area contributed by atoms with Crippen LogP contribution in [0.25, 0.3) is 0 Å². The van der Waals surface area contributed by atoms with Crippen molar-refractivity contribution in [1.29, 1.82) is 0 Å². The van der Waals surface area contributed by atoms with Gasteiger partial charge in [0.15, 0.2) is 0 Å². The lowest BCUT2D eigenvalue weighted by atomic mass is 10.1. The number of benzene rings is 1. The van der Waals surface area contributed by atoms with E-state index in [0.717, 1.165) is 52.1 Å². The van der Waals surface area contributed by atoms with Gasteiger partial charge < -0.3 is 15.1 Å². The number of carbonyl (C=O) groups excluding carboxylic acids is 2. The Morgan fingerprint density at radius 1 is 1.15 bits per heavy atom. The van der Waals surface area contributed by atoms with E-state index < -0.39 is 0 Å². The van der Waals surface area contributed by atoms with E-state index in [1.807, 2.05) is 4.90 Å². The molecule has 0 bridgehead atoms. The van der Waals surface area contributed by atoms with Crippen molar-refractivity contribution in [3.63, 3.8) is 0 Å². The third kappa shape index (κ3) is 4.83. The largest absolute Gasteiger partial charge is 0.346 e. The molecule has 3 rings (SSSR count). The van der Waals surface area contributed by atoms with E-state index in [1.165, 1.54) is 11.1 Å². The summed E-state index contributed by atoms with van der Waals surface area (Å²) >= 11 is 0. The molecule has 26 heavy (non-hydrogen) atoms. The second-order valence-corrected chi connectivity index (χ2v) is 7.52. The Morgan fingerprint density at radius 3 is 2.65 bits per heavy atom. The fourth-order valence-corrected chi connectivity index (χ4v) is 3.81. The van der Waals surface area contributed by atoms with Gasteiger partial charge in [0.2, 0.25) is 11.8 Å². The molecule has 1 aromatic rings. The molecule has 6 heteroatoms. The van der Waals surface area contributed by atoms with Gasteiger partial charge in [0.25, 0.3) is 0 Å². The molecule has 2 heterocycles. The summed E-state index contributed by atoms with van der Waals surface area (Å²) in [7, 11) is 2.06. The smallest absolute Gasteiger partial charge is 0.242 e. The van der Waals surface area contributed by atoms with Crippen LogP contribution < -0.4 is 5.32 Å². The summed E-state index contributed by atoms with van der Waals surface area (Å²) in [6, 6.07) is 8.30. The minimum Gasteiger partial charge on any atom is -0.346 e. The number of aryl methyl sites for hydroxylation is 1. The van der Waals surface area contributed by atoms with Crippen LogP contribution in [-0.4, -0.2) is 78.9 Å². The van der Waals surface area contributed by atoms with Gasteiger partial charge in [-0.2, -0.15) is 0 Å². The van der Waals surface area contributed by atoms with Crippen LogP contribution >= 0.6 is 0 Å². The van der Waals surface area contributed by atoms with Gasteiger partial charge in [0.1, 0.15) is 0 Å². The van der Waals surface area contributed by atoms with Gasteiger partial charge in [-0.25, -0.2) is 0 Å². The van der Waals surface area contributed by atoms with Crippen molar-refractivity contribution < 1.29 is 9.59 Å². The Labute approximate surface area is 156 Å². The van der Waals surface area contributed by atoms with Gasteiger partial charge in [0.05, 0.1) is 12.6 Å². The summed E-state index contributed by atoms with van der Waals surface area (Å²) in [5.41, 5.74) is 2.47. The van der Waals surface area contributed by atoms with Gasteiger partial charge >= 0.3 is 0 Å². The van der Waals surface area contributed by atoms with Crippen LogP contribution in [0.2, 0.25) is 0 Å². The lowest BCUT2D eigenvalue weighted by molar-refractivity contribution is -0.135. The Kier molecular flexibility index (Phi) is 6.27. The van der Waals surface area contributed by atoms with E-state index in [-0.39, 0.29) is 24.4 Å². The molecule has 2 amide bonds. The first kappa shape index (κ1) is 18.9. The summed E-state index contributed by atoms with van der Waals surface area (Å²) in [6.45, 7) is 7.19. The molecule has 0 saturated carbocycles. The monoisotopic (exact) mass is 358 g/mol. The first-order valence-corrected chi connectivity index (χ1v) is 9.56. The third-order valence-corrected chi connectivity index (χ3v) is 5.40. The predicted octanol–water partition coefficient (Wildman–Crippen LogP) is 0.850. The van der Waals surface area contributed by atoms with Crippen molar-refractivity contribution in [2.24, 2.45) is 0 Å². The number of nitrogens with one attached hydrogen (secondary N) is 1. The first-order chi connectivity index (χ1) is 12.5. The normalized spacial score (nSPS) is 21.8. The molecule has 6 nitrogen and oxygen atoms in total. The average molecular weight is 358 g/mol. The standard InChI is InChI=1S/C20H30N4O2/c1-16-5-3-6-17(13-16)15-24-8-4-7-18(24)20(26)21-14-19(25)23-11-9-22(2)10-12-23/h3,5-6,13,18H,4,7-12,14-15H2,1-2H3,(H,21,26). The van der Waals surface area contributed by atoms with Gasteiger partial charge in [-0.3, -0.25) is 14.5 Å². The van der Waals surface area contributed by atoms with Crippen LogP contribution in [-0.2, 0) is 16.1 Å². The molecule has 2 aliphatic heterocycles. The highest BCUT2D eigenvalue weighted by Gasteiger charge is 2.31. The fraction of sp³-hybridized carbons (Fsp3) is 0.600. The maximum Gasteiger partial charge on any atom is 0.242 e. The second kappa shape index (κ2) is 8.64. The zero-order valence-electron chi connectivity index (χ0n) is 15.9.